The molecule has 0 amide bonds. The van der Waals surface area contributed by atoms with Crippen LogP contribution in [0.1, 0.15) is 5.56 Å². The Labute approximate surface area is 127 Å². The molecule has 2 rings (SSSR count). The van der Waals surface area contributed by atoms with E-state index < -0.39 is 0 Å². The van der Waals surface area contributed by atoms with Crippen LogP contribution in [0.15, 0.2) is 24.3 Å². The van der Waals surface area contributed by atoms with Gasteiger partial charge in [0.1, 0.15) is 5.75 Å². The summed E-state index contributed by atoms with van der Waals surface area (Å²) in [5, 5.41) is 3.87. The normalized spacial score (nSPS) is 10.2. The van der Waals surface area contributed by atoms with Gasteiger partial charge in [-0.1, -0.05) is 23.2 Å². The van der Waals surface area contributed by atoms with Gasteiger partial charge in [-0.3, -0.25) is 0 Å². The lowest BCUT2D eigenvalue weighted by Crippen LogP contribution is -2.10. The number of hydrogen-bond donors (Lipinski definition) is 3. The number of pyridine rings is 1. The van der Waals surface area contributed by atoms with Crippen molar-refractivity contribution in [1.29, 1.82) is 0 Å². The van der Waals surface area contributed by atoms with Crippen LogP contribution in [0.4, 0.5) is 17.3 Å². The number of aryl methyl sites for hydroxylation is 1. The first kappa shape index (κ1) is 14.7. The van der Waals surface area contributed by atoms with Crippen LogP contribution >= 0.6 is 23.2 Å². The number of ether oxygens (including phenoxy) is 1. The van der Waals surface area contributed by atoms with E-state index in [-0.39, 0.29) is 0 Å². The lowest BCUT2D eigenvalue weighted by molar-refractivity contribution is 0.412. The maximum atomic E-state index is 6.10. The minimum atomic E-state index is 0.351. The fourth-order valence-corrected chi connectivity index (χ4v) is 2.21. The molecule has 0 bridgehead atoms. The molecule has 0 spiro atoms. The third kappa shape index (κ3) is 3.07. The van der Waals surface area contributed by atoms with Gasteiger partial charge in [-0.15, -0.1) is 0 Å². The smallest absolute Gasteiger partial charge is 0.161 e. The van der Waals surface area contributed by atoms with E-state index >= 15 is 0 Å². The average molecular weight is 313 g/mol. The molecule has 1 aromatic heterocycles. The highest BCUT2D eigenvalue weighted by molar-refractivity contribution is 6.37. The van der Waals surface area contributed by atoms with E-state index in [4.69, 9.17) is 33.8 Å². The van der Waals surface area contributed by atoms with Crippen LogP contribution in [0.5, 0.6) is 5.75 Å². The van der Waals surface area contributed by atoms with E-state index in [0.29, 0.717) is 21.7 Å². The van der Waals surface area contributed by atoms with Crippen molar-refractivity contribution >= 4 is 40.5 Å². The van der Waals surface area contributed by atoms with Crippen LogP contribution in [-0.4, -0.2) is 12.1 Å². The fourth-order valence-electron chi connectivity index (χ4n) is 1.75. The van der Waals surface area contributed by atoms with Gasteiger partial charge in [-0.05, 0) is 36.8 Å². The summed E-state index contributed by atoms with van der Waals surface area (Å²) in [5.41, 5.74) is 4.25. The van der Waals surface area contributed by atoms with Crippen LogP contribution in [-0.2, 0) is 0 Å². The van der Waals surface area contributed by atoms with E-state index in [1.54, 1.807) is 13.2 Å². The van der Waals surface area contributed by atoms with Crippen LogP contribution in [0.25, 0.3) is 0 Å². The maximum absolute atomic E-state index is 6.10. The summed E-state index contributed by atoms with van der Waals surface area (Å²) in [6.45, 7) is 1.95. The Kier molecular flexibility index (Phi) is 4.54. The zero-order valence-corrected chi connectivity index (χ0v) is 12.5. The number of rotatable bonds is 4. The predicted octanol–water partition coefficient (Wildman–Crippen LogP) is 3.73. The van der Waals surface area contributed by atoms with Crippen molar-refractivity contribution in [3.63, 3.8) is 0 Å². The first-order valence-corrected chi connectivity index (χ1v) is 6.55. The minimum Gasteiger partial charge on any atom is -0.496 e. The molecule has 0 atom stereocenters. The molecule has 0 unspecified atom stereocenters. The first-order valence-electron chi connectivity index (χ1n) is 5.79. The highest BCUT2D eigenvalue weighted by Crippen LogP contribution is 2.31. The highest BCUT2D eigenvalue weighted by atomic mass is 35.5. The molecule has 106 valence electrons. The van der Waals surface area contributed by atoms with Crippen molar-refractivity contribution in [1.82, 2.24) is 4.98 Å². The summed E-state index contributed by atoms with van der Waals surface area (Å²) in [6.07, 6.45) is 0. The van der Waals surface area contributed by atoms with Crippen molar-refractivity contribution in [2.45, 2.75) is 6.92 Å². The van der Waals surface area contributed by atoms with Crippen molar-refractivity contribution in [3.05, 3.63) is 39.9 Å². The van der Waals surface area contributed by atoms with Gasteiger partial charge < -0.3 is 15.5 Å². The van der Waals surface area contributed by atoms with E-state index in [1.165, 1.54) is 0 Å². The van der Waals surface area contributed by atoms with E-state index in [0.717, 1.165) is 17.0 Å². The molecule has 0 fully saturated rings. The number of aromatic nitrogens is 1. The van der Waals surface area contributed by atoms with Gasteiger partial charge in [-0.2, -0.15) is 0 Å². The molecule has 20 heavy (non-hydrogen) atoms. The predicted molar refractivity (Wildman–Crippen MR) is 83.1 cm³/mol. The number of hydrogen-bond acceptors (Lipinski definition) is 5. The molecule has 7 heteroatoms. The Morgan fingerprint density at radius 3 is 2.45 bits per heavy atom. The van der Waals surface area contributed by atoms with Crippen molar-refractivity contribution < 1.29 is 4.74 Å². The Morgan fingerprint density at radius 1 is 1.15 bits per heavy atom. The topological polar surface area (TPSA) is 72.2 Å². The zero-order chi connectivity index (χ0) is 14.7. The molecule has 1 heterocycles. The molecular formula is C13H14Cl2N4O. The first-order chi connectivity index (χ1) is 9.55. The summed E-state index contributed by atoms with van der Waals surface area (Å²) in [5.74, 6) is 6.97. The maximum Gasteiger partial charge on any atom is 0.161 e. The van der Waals surface area contributed by atoms with Gasteiger partial charge in [0.2, 0.25) is 0 Å². The second kappa shape index (κ2) is 6.17. The number of anilines is 3. The van der Waals surface area contributed by atoms with Crippen molar-refractivity contribution in [2.24, 2.45) is 5.84 Å². The van der Waals surface area contributed by atoms with E-state index in [2.05, 4.69) is 15.7 Å². The largest absolute Gasteiger partial charge is 0.496 e. The molecule has 0 saturated heterocycles. The summed E-state index contributed by atoms with van der Waals surface area (Å²) in [4.78, 5) is 4.22. The molecule has 0 aliphatic heterocycles. The molecule has 0 radical (unpaired) electrons. The number of halogens is 2. The Morgan fingerprint density at radius 2 is 1.85 bits per heavy atom. The van der Waals surface area contributed by atoms with E-state index in [1.807, 2.05) is 25.1 Å². The number of nitrogens with two attached hydrogens (primary N) is 1. The number of benzene rings is 1. The quantitative estimate of drug-likeness (QED) is 0.592. The summed E-state index contributed by atoms with van der Waals surface area (Å²) >= 11 is 12.0. The summed E-state index contributed by atoms with van der Waals surface area (Å²) in [7, 11) is 1.63. The minimum absolute atomic E-state index is 0.351. The third-order valence-electron chi connectivity index (χ3n) is 2.72. The fraction of sp³-hybridized carbons (Fsp3) is 0.154. The Balaban J connectivity index is 2.32. The molecule has 0 aliphatic rings. The molecule has 0 aliphatic carbocycles. The lowest BCUT2D eigenvalue weighted by Gasteiger charge is -2.12. The van der Waals surface area contributed by atoms with Gasteiger partial charge in [-0.25, -0.2) is 10.8 Å². The number of nitrogens with one attached hydrogen (secondary N) is 2. The van der Waals surface area contributed by atoms with Gasteiger partial charge in [0.05, 0.1) is 17.2 Å². The summed E-state index contributed by atoms with van der Waals surface area (Å²) in [6, 6.07) is 7.24. The van der Waals surface area contributed by atoms with Crippen LogP contribution < -0.4 is 21.3 Å². The lowest BCUT2D eigenvalue weighted by atomic mass is 10.2. The highest BCUT2D eigenvalue weighted by Gasteiger charge is 2.09. The third-order valence-corrected chi connectivity index (χ3v) is 3.30. The second-order valence-corrected chi connectivity index (χ2v) is 4.92. The van der Waals surface area contributed by atoms with Crippen molar-refractivity contribution in [2.75, 3.05) is 17.9 Å². The average Bonchev–Trinajstić information content (AvgIpc) is 2.42. The Bertz CT molecular complexity index is 634. The number of hydrazine groups is 1. The monoisotopic (exact) mass is 312 g/mol. The number of nitrogens with zero attached hydrogens (tertiary/aromatic N) is 1. The zero-order valence-electron chi connectivity index (χ0n) is 11.0. The van der Waals surface area contributed by atoms with Gasteiger partial charge >= 0.3 is 0 Å². The molecule has 2 aromatic rings. The number of methoxy groups -OCH3 is 1. The molecular weight excluding hydrogens is 299 g/mol. The standard InChI is InChI=1S/C13H14Cl2N4O/c1-7-5-8(3-4-11(7)20-2)17-12-9(14)6-10(15)13(18-12)19-16/h3-6H,16H2,1-2H3,(H2,17,18,19). The van der Waals surface area contributed by atoms with Gasteiger partial charge in [0.15, 0.2) is 11.6 Å². The molecule has 1 aromatic carbocycles. The summed E-state index contributed by atoms with van der Waals surface area (Å²) < 4.78 is 5.21. The molecule has 4 N–H and O–H groups in total. The van der Waals surface area contributed by atoms with Crippen molar-refractivity contribution in [3.8, 4) is 5.75 Å². The van der Waals surface area contributed by atoms with E-state index in [9.17, 15) is 0 Å². The molecule has 5 nitrogen and oxygen atoms in total. The number of nitrogen functional groups attached to an aromatic ring is 1. The second-order valence-electron chi connectivity index (χ2n) is 4.10. The van der Waals surface area contributed by atoms with Crippen LogP contribution in [0.3, 0.4) is 0 Å². The SMILES string of the molecule is COc1ccc(Nc2nc(NN)c(Cl)cc2Cl)cc1C. The van der Waals surface area contributed by atoms with Gasteiger partial charge in [0, 0.05) is 5.69 Å². The van der Waals surface area contributed by atoms with Crippen LogP contribution in [0, 0.1) is 6.92 Å². The molecule has 0 saturated carbocycles. The van der Waals surface area contributed by atoms with Gasteiger partial charge in [0.25, 0.3) is 0 Å². The Hall–Kier alpha value is -1.69. The van der Waals surface area contributed by atoms with Crippen LogP contribution in [0.2, 0.25) is 10.0 Å².